The van der Waals surface area contributed by atoms with Crippen LogP contribution in [0, 0.1) is 0 Å². The molecule has 0 saturated carbocycles. The van der Waals surface area contributed by atoms with Gasteiger partial charge in [-0.3, -0.25) is 0 Å². The number of hydrogen-bond donors (Lipinski definition) is 1. The summed E-state index contributed by atoms with van der Waals surface area (Å²) in [6.07, 6.45) is 5.42. The second-order valence-corrected chi connectivity index (χ2v) is 5.78. The molecule has 1 atom stereocenters. The molecule has 2 rings (SSSR count). The Bertz CT molecular complexity index is 278. The van der Waals surface area contributed by atoms with Crippen molar-refractivity contribution in [3.05, 3.63) is 22.4 Å². The minimum Gasteiger partial charge on any atom is -0.314 e. The molecule has 0 spiro atoms. The summed E-state index contributed by atoms with van der Waals surface area (Å²) in [5, 5.41) is 5.72. The van der Waals surface area contributed by atoms with Gasteiger partial charge in [0.25, 0.3) is 0 Å². The molecule has 16 heavy (non-hydrogen) atoms. The second kappa shape index (κ2) is 6.38. The molecule has 1 N–H and O–H groups in total. The third kappa shape index (κ3) is 3.89. The van der Waals surface area contributed by atoms with Crippen LogP contribution in [0.2, 0.25) is 0 Å². The van der Waals surface area contributed by atoms with Crippen molar-refractivity contribution < 1.29 is 0 Å². The molecule has 1 fully saturated rings. The molecule has 90 valence electrons. The van der Waals surface area contributed by atoms with Gasteiger partial charge in [0, 0.05) is 17.5 Å². The molecule has 1 aromatic heterocycles. The molecule has 1 unspecified atom stereocenters. The van der Waals surface area contributed by atoms with Crippen molar-refractivity contribution in [1.82, 2.24) is 10.2 Å². The Morgan fingerprint density at radius 1 is 1.56 bits per heavy atom. The standard InChI is InChI=1S/C13H22N2S/c1-15(11-13-7-4-10-16-13)9-3-6-12-5-2-8-14-12/h4,7,10,12,14H,2-3,5-6,8-9,11H2,1H3. The first-order chi connectivity index (χ1) is 7.84. The summed E-state index contributed by atoms with van der Waals surface area (Å²) in [4.78, 5) is 3.90. The number of hydrogen-bond acceptors (Lipinski definition) is 3. The molecule has 1 aromatic rings. The van der Waals surface area contributed by atoms with Gasteiger partial charge >= 0.3 is 0 Å². The zero-order valence-electron chi connectivity index (χ0n) is 10.1. The predicted octanol–water partition coefficient (Wildman–Crippen LogP) is 2.71. The molecule has 1 aliphatic heterocycles. The zero-order valence-corrected chi connectivity index (χ0v) is 10.9. The summed E-state index contributed by atoms with van der Waals surface area (Å²) in [6.45, 7) is 3.56. The highest BCUT2D eigenvalue weighted by molar-refractivity contribution is 7.09. The summed E-state index contributed by atoms with van der Waals surface area (Å²) in [6, 6.07) is 5.16. The van der Waals surface area contributed by atoms with Gasteiger partial charge in [0.15, 0.2) is 0 Å². The summed E-state index contributed by atoms with van der Waals surface area (Å²) in [5.41, 5.74) is 0. The number of nitrogens with zero attached hydrogens (tertiary/aromatic N) is 1. The predicted molar refractivity (Wildman–Crippen MR) is 70.9 cm³/mol. The maximum atomic E-state index is 3.56. The van der Waals surface area contributed by atoms with E-state index in [-0.39, 0.29) is 0 Å². The molecule has 0 aliphatic carbocycles. The van der Waals surface area contributed by atoms with Crippen molar-refractivity contribution in [2.75, 3.05) is 20.1 Å². The van der Waals surface area contributed by atoms with Gasteiger partial charge in [-0.05, 0) is 57.3 Å². The molecule has 2 nitrogen and oxygen atoms in total. The highest BCUT2D eigenvalue weighted by atomic mass is 32.1. The Morgan fingerprint density at radius 3 is 3.19 bits per heavy atom. The topological polar surface area (TPSA) is 15.3 Å². The molecular formula is C13H22N2S. The van der Waals surface area contributed by atoms with Crippen molar-refractivity contribution in [2.24, 2.45) is 0 Å². The Morgan fingerprint density at radius 2 is 2.50 bits per heavy atom. The van der Waals surface area contributed by atoms with E-state index in [2.05, 4.69) is 34.8 Å². The Balaban J connectivity index is 1.58. The first-order valence-corrected chi connectivity index (χ1v) is 7.17. The molecule has 0 radical (unpaired) electrons. The van der Waals surface area contributed by atoms with Crippen LogP contribution in [0.3, 0.4) is 0 Å². The van der Waals surface area contributed by atoms with Gasteiger partial charge in [-0.1, -0.05) is 6.07 Å². The van der Waals surface area contributed by atoms with Gasteiger partial charge in [-0.15, -0.1) is 11.3 Å². The lowest BCUT2D eigenvalue weighted by atomic mass is 10.1. The summed E-state index contributed by atoms with van der Waals surface area (Å²) >= 11 is 1.86. The Labute approximate surface area is 103 Å². The fourth-order valence-electron chi connectivity index (χ4n) is 2.36. The van der Waals surface area contributed by atoms with Gasteiger partial charge < -0.3 is 10.2 Å². The zero-order chi connectivity index (χ0) is 11.2. The largest absolute Gasteiger partial charge is 0.314 e. The van der Waals surface area contributed by atoms with E-state index in [1.165, 1.54) is 43.6 Å². The molecular weight excluding hydrogens is 216 g/mol. The van der Waals surface area contributed by atoms with Crippen LogP contribution < -0.4 is 5.32 Å². The maximum Gasteiger partial charge on any atom is 0.0324 e. The van der Waals surface area contributed by atoms with E-state index in [1.807, 2.05) is 11.3 Å². The molecule has 1 saturated heterocycles. The van der Waals surface area contributed by atoms with Crippen molar-refractivity contribution in [3.63, 3.8) is 0 Å². The third-order valence-corrected chi connectivity index (χ3v) is 4.12. The Hall–Kier alpha value is -0.380. The first-order valence-electron chi connectivity index (χ1n) is 6.29. The molecule has 0 amide bonds. The quantitative estimate of drug-likeness (QED) is 0.820. The van der Waals surface area contributed by atoms with E-state index in [0.29, 0.717) is 0 Å². The van der Waals surface area contributed by atoms with Gasteiger partial charge in [-0.2, -0.15) is 0 Å². The highest BCUT2D eigenvalue weighted by Crippen LogP contribution is 2.13. The van der Waals surface area contributed by atoms with Crippen molar-refractivity contribution in [3.8, 4) is 0 Å². The first kappa shape index (κ1) is 12.1. The van der Waals surface area contributed by atoms with E-state index in [9.17, 15) is 0 Å². The van der Waals surface area contributed by atoms with Crippen LogP contribution in [0.1, 0.15) is 30.6 Å². The number of nitrogens with one attached hydrogen (secondary N) is 1. The molecule has 0 aromatic carbocycles. The monoisotopic (exact) mass is 238 g/mol. The van der Waals surface area contributed by atoms with Gasteiger partial charge in [0.2, 0.25) is 0 Å². The second-order valence-electron chi connectivity index (χ2n) is 4.75. The molecule has 2 heterocycles. The van der Waals surface area contributed by atoms with E-state index in [0.717, 1.165) is 12.6 Å². The van der Waals surface area contributed by atoms with E-state index in [1.54, 1.807) is 0 Å². The lowest BCUT2D eigenvalue weighted by Crippen LogP contribution is -2.24. The summed E-state index contributed by atoms with van der Waals surface area (Å²) in [7, 11) is 2.22. The van der Waals surface area contributed by atoms with Crippen molar-refractivity contribution in [2.45, 2.75) is 38.3 Å². The summed E-state index contributed by atoms with van der Waals surface area (Å²) < 4.78 is 0. The highest BCUT2D eigenvalue weighted by Gasteiger charge is 2.13. The van der Waals surface area contributed by atoms with Crippen LogP contribution in [-0.2, 0) is 6.54 Å². The summed E-state index contributed by atoms with van der Waals surface area (Å²) in [5.74, 6) is 0. The minimum atomic E-state index is 0.801. The molecule has 1 aliphatic rings. The molecule has 3 heteroatoms. The van der Waals surface area contributed by atoms with Crippen LogP contribution in [0.4, 0.5) is 0 Å². The number of thiophene rings is 1. The van der Waals surface area contributed by atoms with Gasteiger partial charge in [0.05, 0.1) is 0 Å². The third-order valence-electron chi connectivity index (χ3n) is 3.26. The van der Waals surface area contributed by atoms with E-state index < -0.39 is 0 Å². The van der Waals surface area contributed by atoms with Crippen molar-refractivity contribution in [1.29, 1.82) is 0 Å². The van der Waals surface area contributed by atoms with Crippen LogP contribution in [0.5, 0.6) is 0 Å². The maximum absolute atomic E-state index is 3.56. The van der Waals surface area contributed by atoms with E-state index >= 15 is 0 Å². The SMILES string of the molecule is CN(CCCC1CCCN1)Cc1cccs1. The van der Waals surface area contributed by atoms with Crippen LogP contribution in [0.25, 0.3) is 0 Å². The minimum absolute atomic E-state index is 0.801. The number of rotatable bonds is 6. The van der Waals surface area contributed by atoms with Crippen LogP contribution >= 0.6 is 11.3 Å². The van der Waals surface area contributed by atoms with Gasteiger partial charge in [0.1, 0.15) is 0 Å². The van der Waals surface area contributed by atoms with Crippen LogP contribution in [-0.4, -0.2) is 31.1 Å². The lowest BCUT2D eigenvalue weighted by Gasteiger charge is -2.17. The average molecular weight is 238 g/mol. The fraction of sp³-hybridized carbons (Fsp3) is 0.692. The van der Waals surface area contributed by atoms with E-state index in [4.69, 9.17) is 0 Å². The smallest absolute Gasteiger partial charge is 0.0324 e. The van der Waals surface area contributed by atoms with Gasteiger partial charge in [-0.25, -0.2) is 0 Å². The van der Waals surface area contributed by atoms with Crippen molar-refractivity contribution >= 4 is 11.3 Å². The normalized spacial score (nSPS) is 20.8. The Kier molecular flexibility index (Phi) is 4.82. The lowest BCUT2D eigenvalue weighted by molar-refractivity contribution is 0.314. The average Bonchev–Trinajstić information content (AvgIpc) is 2.90. The fourth-order valence-corrected chi connectivity index (χ4v) is 3.14. The van der Waals surface area contributed by atoms with Crippen LogP contribution in [0.15, 0.2) is 17.5 Å². The molecule has 0 bridgehead atoms.